The molecule has 2 amide bonds. The quantitative estimate of drug-likeness (QED) is 0.826. The minimum Gasteiger partial charge on any atom is -0.497 e. The van der Waals surface area contributed by atoms with Crippen LogP contribution in [0.3, 0.4) is 0 Å². The Labute approximate surface area is 165 Å². The van der Waals surface area contributed by atoms with Gasteiger partial charge in [0.1, 0.15) is 5.75 Å². The number of carbonyl (C=O) groups excluding carboxylic acids is 1. The first kappa shape index (κ1) is 19.5. The molecule has 0 aromatic heterocycles. The Morgan fingerprint density at radius 2 is 1.81 bits per heavy atom. The number of nitrogens with zero attached hydrogens (tertiary/aromatic N) is 2. The molecule has 5 nitrogen and oxygen atoms in total. The summed E-state index contributed by atoms with van der Waals surface area (Å²) in [5.74, 6) is 0.818. The van der Waals surface area contributed by atoms with E-state index >= 15 is 0 Å². The van der Waals surface area contributed by atoms with Crippen molar-refractivity contribution in [2.24, 2.45) is 0 Å². The second kappa shape index (κ2) is 9.62. The van der Waals surface area contributed by atoms with Crippen molar-refractivity contribution in [2.45, 2.75) is 13.0 Å². The molecule has 0 atom stereocenters. The van der Waals surface area contributed by atoms with Crippen LogP contribution >= 0.6 is 11.6 Å². The number of amides is 2. The summed E-state index contributed by atoms with van der Waals surface area (Å²) in [6.45, 7) is 4.82. The van der Waals surface area contributed by atoms with Gasteiger partial charge < -0.3 is 15.0 Å². The first-order valence-electron chi connectivity index (χ1n) is 9.26. The fourth-order valence-electron chi connectivity index (χ4n) is 3.19. The number of ether oxygens (including phenoxy) is 1. The third kappa shape index (κ3) is 5.88. The van der Waals surface area contributed by atoms with Crippen LogP contribution in [0.25, 0.3) is 0 Å². The maximum atomic E-state index is 12.4. The zero-order valence-corrected chi connectivity index (χ0v) is 16.4. The minimum absolute atomic E-state index is 0.000286. The summed E-state index contributed by atoms with van der Waals surface area (Å²) in [6, 6.07) is 15.7. The maximum Gasteiger partial charge on any atom is 0.317 e. The van der Waals surface area contributed by atoms with Crippen molar-refractivity contribution in [1.29, 1.82) is 0 Å². The molecular formula is C21H26ClN3O2. The minimum atomic E-state index is 0.000286. The van der Waals surface area contributed by atoms with Crippen molar-refractivity contribution in [2.75, 3.05) is 39.8 Å². The molecule has 3 rings (SSSR count). The van der Waals surface area contributed by atoms with E-state index in [0.717, 1.165) is 55.5 Å². The Hall–Kier alpha value is -2.24. The summed E-state index contributed by atoms with van der Waals surface area (Å²) in [5, 5.41) is 3.78. The highest BCUT2D eigenvalue weighted by Gasteiger charge is 2.20. The summed E-state index contributed by atoms with van der Waals surface area (Å²) in [7, 11) is 1.64. The van der Waals surface area contributed by atoms with Crippen LogP contribution < -0.4 is 10.1 Å². The second-order valence-electron chi connectivity index (χ2n) is 6.72. The largest absolute Gasteiger partial charge is 0.497 e. The van der Waals surface area contributed by atoms with Crippen LogP contribution in [0.2, 0.25) is 5.02 Å². The number of hydrogen-bond acceptors (Lipinski definition) is 3. The fourth-order valence-corrected chi connectivity index (χ4v) is 3.40. The van der Waals surface area contributed by atoms with Crippen LogP contribution in [0.4, 0.5) is 4.79 Å². The Morgan fingerprint density at radius 1 is 1.07 bits per heavy atom. The van der Waals surface area contributed by atoms with Crippen molar-refractivity contribution in [3.05, 3.63) is 64.7 Å². The summed E-state index contributed by atoms with van der Waals surface area (Å²) >= 11 is 6.04. The lowest BCUT2D eigenvalue weighted by molar-refractivity contribution is 0.140. The maximum absolute atomic E-state index is 12.4. The van der Waals surface area contributed by atoms with E-state index in [1.54, 1.807) is 7.11 Å². The summed E-state index contributed by atoms with van der Waals surface area (Å²) in [4.78, 5) is 16.7. The molecule has 0 unspecified atom stereocenters. The van der Waals surface area contributed by atoms with Gasteiger partial charge in [0.15, 0.2) is 0 Å². The summed E-state index contributed by atoms with van der Waals surface area (Å²) < 4.78 is 5.15. The van der Waals surface area contributed by atoms with Crippen LogP contribution in [0.15, 0.2) is 48.5 Å². The number of carbonyl (C=O) groups is 1. The van der Waals surface area contributed by atoms with Crippen molar-refractivity contribution in [3.8, 4) is 5.75 Å². The molecule has 0 bridgehead atoms. The molecule has 6 heteroatoms. The predicted molar refractivity (Wildman–Crippen MR) is 108 cm³/mol. The van der Waals surface area contributed by atoms with Crippen LogP contribution in [-0.2, 0) is 13.0 Å². The Kier molecular flexibility index (Phi) is 6.96. The van der Waals surface area contributed by atoms with Crippen molar-refractivity contribution >= 4 is 17.6 Å². The first-order chi connectivity index (χ1) is 13.1. The molecule has 1 aliphatic rings. The SMILES string of the molecule is COc1ccc(CNC(=O)N2CCN(CCc3cccc(Cl)c3)CC2)cc1. The Bertz CT molecular complexity index is 743. The number of hydrogen-bond donors (Lipinski definition) is 1. The Balaban J connectivity index is 1.38. The number of rotatable bonds is 6. The molecule has 0 aliphatic carbocycles. The lowest BCUT2D eigenvalue weighted by atomic mass is 10.1. The molecule has 0 spiro atoms. The number of halogens is 1. The van der Waals surface area contributed by atoms with Gasteiger partial charge in [0.2, 0.25) is 0 Å². The van der Waals surface area contributed by atoms with E-state index in [9.17, 15) is 4.79 Å². The molecule has 1 fully saturated rings. The van der Waals surface area contributed by atoms with Gasteiger partial charge in [0.25, 0.3) is 0 Å². The monoisotopic (exact) mass is 387 g/mol. The van der Waals surface area contributed by atoms with Gasteiger partial charge >= 0.3 is 6.03 Å². The van der Waals surface area contributed by atoms with Crippen molar-refractivity contribution in [3.63, 3.8) is 0 Å². The lowest BCUT2D eigenvalue weighted by Gasteiger charge is -2.34. The summed E-state index contributed by atoms with van der Waals surface area (Å²) in [6.07, 6.45) is 0.976. The van der Waals surface area contributed by atoms with Crippen molar-refractivity contribution < 1.29 is 9.53 Å². The zero-order chi connectivity index (χ0) is 19.1. The average Bonchev–Trinajstić information content (AvgIpc) is 2.71. The van der Waals surface area contributed by atoms with Gasteiger partial charge in [0.05, 0.1) is 7.11 Å². The van der Waals surface area contributed by atoms with Crippen molar-refractivity contribution in [1.82, 2.24) is 15.1 Å². The number of methoxy groups -OCH3 is 1. The zero-order valence-electron chi connectivity index (χ0n) is 15.7. The van der Waals surface area contributed by atoms with Crippen LogP contribution in [0.1, 0.15) is 11.1 Å². The van der Waals surface area contributed by atoms with Gasteiger partial charge in [-0.15, -0.1) is 0 Å². The molecule has 1 heterocycles. The highest BCUT2D eigenvalue weighted by atomic mass is 35.5. The van der Waals surface area contributed by atoms with E-state index in [1.165, 1.54) is 5.56 Å². The van der Waals surface area contributed by atoms with Gasteiger partial charge in [-0.3, -0.25) is 4.90 Å². The topological polar surface area (TPSA) is 44.8 Å². The predicted octanol–water partition coefficient (Wildman–Crippen LogP) is 3.42. The highest BCUT2D eigenvalue weighted by molar-refractivity contribution is 6.30. The average molecular weight is 388 g/mol. The smallest absolute Gasteiger partial charge is 0.317 e. The van der Waals surface area contributed by atoms with Gasteiger partial charge in [-0.05, 0) is 41.8 Å². The Morgan fingerprint density at radius 3 is 2.48 bits per heavy atom. The fraction of sp³-hybridized carbons (Fsp3) is 0.381. The van der Waals surface area contributed by atoms with E-state index < -0.39 is 0 Å². The molecule has 1 saturated heterocycles. The van der Waals surface area contributed by atoms with E-state index in [-0.39, 0.29) is 6.03 Å². The van der Waals surface area contributed by atoms with E-state index in [1.807, 2.05) is 47.4 Å². The van der Waals surface area contributed by atoms with E-state index in [4.69, 9.17) is 16.3 Å². The molecule has 27 heavy (non-hydrogen) atoms. The van der Waals surface area contributed by atoms with Crippen LogP contribution in [0.5, 0.6) is 5.75 Å². The standard InChI is InChI=1S/C21H26ClN3O2/c1-27-20-7-5-18(6-8-20)16-23-21(26)25-13-11-24(12-14-25)10-9-17-3-2-4-19(22)15-17/h2-8,15H,9-14,16H2,1H3,(H,23,26). The number of piperazine rings is 1. The van der Waals surface area contributed by atoms with Gasteiger partial charge in [-0.25, -0.2) is 4.79 Å². The molecule has 0 saturated carbocycles. The van der Waals surface area contributed by atoms with Gasteiger partial charge in [-0.1, -0.05) is 35.9 Å². The van der Waals surface area contributed by atoms with Crippen LogP contribution in [-0.4, -0.2) is 55.7 Å². The molecule has 144 valence electrons. The van der Waals surface area contributed by atoms with Crippen LogP contribution in [0, 0.1) is 0 Å². The second-order valence-corrected chi connectivity index (χ2v) is 7.15. The third-order valence-corrected chi connectivity index (χ3v) is 5.10. The van der Waals surface area contributed by atoms with Gasteiger partial charge in [-0.2, -0.15) is 0 Å². The number of nitrogens with one attached hydrogen (secondary N) is 1. The molecule has 1 N–H and O–H groups in total. The molecule has 0 radical (unpaired) electrons. The third-order valence-electron chi connectivity index (χ3n) is 4.87. The molecular weight excluding hydrogens is 362 g/mol. The lowest BCUT2D eigenvalue weighted by Crippen LogP contribution is -2.51. The molecule has 2 aromatic carbocycles. The number of benzene rings is 2. The molecule has 1 aliphatic heterocycles. The van der Waals surface area contributed by atoms with E-state index in [0.29, 0.717) is 6.54 Å². The highest BCUT2D eigenvalue weighted by Crippen LogP contribution is 2.13. The first-order valence-corrected chi connectivity index (χ1v) is 9.64. The molecule has 2 aromatic rings. The normalized spacial score (nSPS) is 14.8. The number of urea groups is 1. The van der Waals surface area contributed by atoms with Gasteiger partial charge in [0, 0.05) is 44.3 Å². The van der Waals surface area contributed by atoms with E-state index in [2.05, 4.69) is 16.3 Å². The summed E-state index contributed by atoms with van der Waals surface area (Å²) in [5.41, 5.74) is 2.31.